The van der Waals surface area contributed by atoms with Crippen molar-refractivity contribution in [3.8, 4) is 0 Å². The van der Waals surface area contributed by atoms with Crippen molar-refractivity contribution < 1.29 is 4.79 Å². The summed E-state index contributed by atoms with van der Waals surface area (Å²) in [5, 5.41) is 15.3. The summed E-state index contributed by atoms with van der Waals surface area (Å²) in [7, 11) is 0. The molecule has 0 unspecified atom stereocenters. The molecule has 1 amide bonds. The van der Waals surface area contributed by atoms with Crippen LogP contribution in [-0.2, 0) is 4.79 Å². The molecule has 1 aromatic heterocycles. The smallest absolute Gasteiger partial charge is 0.237 e. The van der Waals surface area contributed by atoms with Gasteiger partial charge in [-0.2, -0.15) is 0 Å². The van der Waals surface area contributed by atoms with Crippen molar-refractivity contribution in [1.29, 1.82) is 0 Å². The number of nitrogens with one attached hydrogen (secondary N) is 2. The van der Waals surface area contributed by atoms with E-state index >= 15 is 0 Å². The van der Waals surface area contributed by atoms with Crippen LogP contribution in [0.15, 0.2) is 22.5 Å². The summed E-state index contributed by atoms with van der Waals surface area (Å²) in [6.45, 7) is 4.72. The van der Waals surface area contributed by atoms with E-state index in [1.165, 1.54) is 23.1 Å². The van der Waals surface area contributed by atoms with Gasteiger partial charge in [-0.15, -0.1) is 10.2 Å². The Morgan fingerprint density at radius 1 is 1.35 bits per heavy atom. The Bertz CT molecular complexity index is 660. The molecular weight excluding hydrogens is 375 g/mol. The lowest BCUT2D eigenvalue weighted by atomic mass is 10.3. The first-order valence-corrected chi connectivity index (χ1v) is 9.45. The van der Waals surface area contributed by atoms with Gasteiger partial charge in [-0.05, 0) is 25.5 Å². The van der Waals surface area contributed by atoms with E-state index in [1.54, 1.807) is 25.1 Å². The SMILES string of the molecule is CCCNc1nnc(S[C@@H](C)C(=O)Nc2c(Cl)cccc2Cl)s1. The first-order valence-electron chi connectivity index (χ1n) is 7.00. The Labute approximate surface area is 153 Å². The van der Waals surface area contributed by atoms with Crippen molar-refractivity contribution >= 4 is 63.0 Å². The molecule has 0 saturated heterocycles. The molecule has 0 spiro atoms. The third kappa shape index (κ3) is 5.24. The highest BCUT2D eigenvalue weighted by atomic mass is 35.5. The number of carbonyl (C=O) groups excluding carboxylic acids is 1. The van der Waals surface area contributed by atoms with E-state index in [0.29, 0.717) is 15.7 Å². The Morgan fingerprint density at radius 3 is 2.70 bits per heavy atom. The zero-order valence-electron chi connectivity index (χ0n) is 12.6. The molecule has 0 aliphatic rings. The Morgan fingerprint density at radius 2 is 2.04 bits per heavy atom. The van der Waals surface area contributed by atoms with Gasteiger partial charge >= 0.3 is 0 Å². The van der Waals surface area contributed by atoms with E-state index in [0.717, 1.165) is 22.4 Å². The van der Waals surface area contributed by atoms with Crippen molar-refractivity contribution in [2.45, 2.75) is 29.9 Å². The van der Waals surface area contributed by atoms with Crippen molar-refractivity contribution in [2.75, 3.05) is 17.2 Å². The number of hydrogen-bond acceptors (Lipinski definition) is 6. The van der Waals surface area contributed by atoms with Gasteiger partial charge in [0.05, 0.1) is 21.0 Å². The molecule has 5 nitrogen and oxygen atoms in total. The number of amides is 1. The predicted octanol–water partition coefficient (Wildman–Crippen LogP) is 4.79. The number of aromatic nitrogens is 2. The molecule has 0 bridgehead atoms. The van der Waals surface area contributed by atoms with Crippen LogP contribution in [0.2, 0.25) is 10.0 Å². The van der Waals surface area contributed by atoms with Crippen LogP contribution in [0.5, 0.6) is 0 Å². The summed E-state index contributed by atoms with van der Waals surface area (Å²) >= 11 is 14.9. The quantitative estimate of drug-likeness (QED) is 0.665. The first-order chi connectivity index (χ1) is 11.0. The number of nitrogens with zero attached hydrogens (tertiary/aromatic N) is 2. The van der Waals surface area contributed by atoms with Gasteiger partial charge in [-0.25, -0.2) is 0 Å². The summed E-state index contributed by atoms with van der Waals surface area (Å²) in [4.78, 5) is 12.3. The summed E-state index contributed by atoms with van der Waals surface area (Å²) in [5.41, 5.74) is 0.427. The summed E-state index contributed by atoms with van der Waals surface area (Å²) in [6.07, 6.45) is 1.01. The largest absolute Gasteiger partial charge is 0.360 e. The number of para-hydroxylation sites is 1. The minimum absolute atomic E-state index is 0.191. The van der Waals surface area contributed by atoms with Crippen molar-refractivity contribution in [3.05, 3.63) is 28.2 Å². The zero-order valence-corrected chi connectivity index (χ0v) is 15.7. The van der Waals surface area contributed by atoms with E-state index in [2.05, 4.69) is 27.8 Å². The number of rotatable bonds is 7. The minimum atomic E-state index is -0.352. The average molecular weight is 391 g/mol. The second kappa shape index (κ2) is 8.73. The molecule has 1 atom stereocenters. The van der Waals surface area contributed by atoms with Gasteiger partial charge in [-0.3, -0.25) is 4.79 Å². The van der Waals surface area contributed by atoms with Gasteiger partial charge in [-0.1, -0.05) is 59.3 Å². The normalized spacial score (nSPS) is 12.0. The first kappa shape index (κ1) is 18.3. The molecule has 0 fully saturated rings. The Hall–Kier alpha value is -1.02. The second-order valence-corrected chi connectivity index (χ2v) is 8.03. The topological polar surface area (TPSA) is 66.9 Å². The van der Waals surface area contributed by atoms with Crippen LogP contribution in [0.25, 0.3) is 0 Å². The molecule has 0 aliphatic heterocycles. The van der Waals surface area contributed by atoms with Gasteiger partial charge < -0.3 is 10.6 Å². The lowest BCUT2D eigenvalue weighted by molar-refractivity contribution is -0.115. The Balaban J connectivity index is 1.96. The van der Waals surface area contributed by atoms with Gasteiger partial charge in [0.2, 0.25) is 11.0 Å². The summed E-state index contributed by atoms with van der Waals surface area (Å²) < 4.78 is 0.733. The van der Waals surface area contributed by atoms with E-state index in [1.807, 2.05) is 0 Å². The van der Waals surface area contributed by atoms with Crippen LogP contribution < -0.4 is 10.6 Å². The fourth-order valence-corrected chi connectivity index (χ4v) is 4.02. The molecule has 2 rings (SSSR count). The maximum absolute atomic E-state index is 12.3. The molecule has 2 N–H and O–H groups in total. The van der Waals surface area contributed by atoms with E-state index in [4.69, 9.17) is 23.2 Å². The molecule has 2 aromatic rings. The minimum Gasteiger partial charge on any atom is -0.360 e. The van der Waals surface area contributed by atoms with Crippen molar-refractivity contribution in [2.24, 2.45) is 0 Å². The number of thioether (sulfide) groups is 1. The fourth-order valence-electron chi connectivity index (χ4n) is 1.61. The van der Waals surface area contributed by atoms with Gasteiger partial charge in [0.25, 0.3) is 0 Å². The highest BCUT2D eigenvalue weighted by Crippen LogP contribution is 2.32. The highest BCUT2D eigenvalue weighted by Gasteiger charge is 2.19. The standard InChI is InChI=1S/C14H16Cl2N4OS2/c1-3-7-17-13-19-20-14(23-13)22-8(2)12(21)18-11-9(15)5-4-6-10(11)16/h4-6,8H,3,7H2,1-2H3,(H,17,19)(H,18,21)/t8-/m0/s1. The fraction of sp³-hybridized carbons (Fsp3) is 0.357. The second-order valence-electron chi connectivity index (χ2n) is 4.65. The Kier molecular flexibility index (Phi) is 6.95. The number of carbonyl (C=O) groups is 1. The predicted molar refractivity (Wildman–Crippen MR) is 99.1 cm³/mol. The molecule has 124 valence electrons. The third-order valence-electron chi connectivity index (χ3n) is 2.79. The molecule has 0 radical (unpaired) electrons. The molecular formula is C14H16Cl2N4OS2. The molecule has 0 saturated carbocycles. The van der Waals surface area contributed by atoms with Gasteiger partial charge in [0.15, 0.2) is 4.34 Å². The van der Waals surface area contributed by atoms with E-state index in [9.17, 15) is 4.79 Å². The summed E-state index contributed by atoms with van der Waals surface area (Å²) in [6, 6.07) is 5.08. The number of halogens is 2. The third-order valence-corrected chi connectivity index (χ3v) is 5.49. The van der Waals surface area contributed by atoms with Crippen LogP contribution in [-0.4, -0.2) is 27.9 Å². The molecule has 0 aliphatic carbocycles. The zero-order chi connectivity index (χ0) is 16.8. The number of anilines is 2. The van der Waals surface area contributed by atoms with E-state index < -0.39 is 0 Å². The summed E-state index contributed by atoms with van der Waals surface area (Å²) in [5.74, 6) is -0.191. The lowest BCUT2D eigenvalue weighted by Crippen LogP contribution is -2.22. The molecule has 1 aromatic carbocycles. The lowest BCUT2D eigenvalue weighted by Gasteiger charge is -2.12. The molecule has 1 heterocycles. The maximum Gasteiger partial charge on any atom is 0.237 e. The van der Waals surface area contributed by atoms with Crippen molar-refractivity contribution in [1.82, 2.24) is 10.2 Å². The van der Waals surface area contributed by atoms with Crippen molar-refractivity contribution in [3.63, 3.8) is 0 Å². The molecule has 23 heavy (non-hydrogen) atoms. The van der Waals surface area contributed by atoms with Crippen LogP contribution in [0.1, 0.15) is 20.3 Å². The van der Waals surface area contributed by atoms with Gasteiger partial charge in [0, 0.05) is 6.54 Å². The van der Waals surface area contributed by atoms with Crippen LogP contribution in [0.4, 0.5) is 10.8 Å². The monoisotopic (exact) mass is 390 g/mol. The number of benzene rings is 1. The maximum atomic E-state index is 12.3. The number of hydrogen-bond donors (Lipinski definition) is 2. The van der Waals surface area contributed by atoms with Crippen LogP contribution >= 0.6 is 46.3 Å². The van der Waals surface area contributed by atoms with Crippen LogP contribution in [0.3, 0.4) is 0 Å². The highest BCUT2D eigenvalue weighted by molar-refractivity contribution is 8.02. The molecule has 9 heteroatoms. The van der Waals surface area contributed by atoms with Crippen LogP contribution in [0, 0.1) is 0 Å². The van der Waals surface area contributed by atoms with E-state index in [-0.39, 0.29) is 11.2 Å². The average Bonchev–Trinajstić information content (AvgIpc) is 2.96. The van der Waals surface area contributed by atoms with Gasteiger partial charge in [0.1, 0.15) is 0 Å².